The van der Waals surface area contributed by atoms with Crippen LogP contribution < -0.4 is 10.6 Å². The molecule has 2 aromatic rings. The topological polar surface area (TPSA) is 13.1 Å². The largest absolute Gasteiger partial charge is 0.456 e. The molecule has 1 heteroatoms. The van der Waals surface area contributed by atoms with E-state index in [1.807, 2.05) is 12.2 Å². The average Bonchev–Trinajstić information content (AvgIpc) is 2.79. The van der Waals surface area contributed by atoms with Crippen molar-refractivity contribution in [3.05, 3.63) is 71.4 Å². The van der Waals surface area contributed by atoms with Gasteiger partial charge in [0.1, 0.15) is 11.0 Å². The summed E-state index contributed by atoms with van der Waals surface area (Å²) in [5, 5.41) is 2.31. The molecule has 0 saturated heterocycles. The molecule has 2 unspecified atom stereocenters. The van der Waals surface area contributed by atoms with Crippen LogP contribution in [0.4, 0.5) is 0 Å². The highest BCUT2D eigenvalue weighted by Gasteiger charge is 2.09. The first-order valence-electron chi connectivity index (χ1n) is 8.51. The van der Waals surface area contributed by atoms with Crippen molar-refractivity contribution < 1.29 is 4.42 Å². The minimum atomic E-state index is 0.264. The third kappa shape index (κ3) is 3.21. The van der Waals surface area contributed by atoms with Crippen molar-refractivity contribution in [3.63, 3.8) is 0 Å². The van der Waals surface area contributed by atoms with E-state index in [4.69, 9.17) is 4.42 Å². The molecule has 1 heterocycles. The molecule has 1 aromatic carbocycles. The standard InChI is InChI=1S/C23H24O/c1-5-7-8-20-21-14-18-11-9-17(4)10-12-19(18)15-23(21)24-22(20)13-16(3)6-2/h5-6,8-17H,1-2,7H2,3-4H3/b20-8-,22-13+. The van der Waals surface area contributed by atoms with Crippen LogP contribution in [0.25, 0.3) is 35.3 Å². The maximum atomic E-state index is 6.18. The first kappa shape index (κ1) is 16.3. The molecule has 1 aliphatic rings. The van der Waals surface area contributed by atoms with E-state index in [1.165, 1.54) is 11.1 Å². The summed E-state index contributed by atoms with van der Waals surface area (Å²) < 4.78 is 6.18. The molecule has 2 atom stereocenters. The summed E-state index contributed by atoms with van der Waals surface area (Å²) in [6.45, 7) is 12.0. The van der Waals surface area contributed by atoms with Crippen molar-refractivity contribution in [2.75, 3.05) is 0 Å². The van der Waals surface area contributed by atoms with Gasteiger partial charge in [-0.3, -0.25) is 0 Å². The van der Waals surface area contributed by atoms with Crippen molar-refractivity contribution in [2.45, 2.75) is 20.3 Å². The fraction of sp³-hybridized carbons (Fsp3) is 0.217. The van der Waals surface area contributed by atoms with Gasteiger partial charge >= 0.3 is 0 Å². The molecule has 0 fully saturated rings. The predicted molar refractivity (Wildman–Crippen MR) is 106 cm³/mol. The molecule has 1 nitrogen and oxygen atoms in total. The Balaban J connectivity index is 2.31. The van der Waals surface area contributed by atoms with Crippen LogP contribution in [-0.4, -0.2) is 0 Å². The Morgan fingerprint density at radius 1 is 1.17 bits per heavy atom. The third-order valence-corrected chi connectivity index (χ3v) is 4.39. The molecule has 1 aliphatic carbocycles. The van der Waals surface area contributed by atoms with Gasteiger partial charge in [-0.1, -0.05) is 56.4 Å². The van der Waals surface area contributed by atoms with Crippen molar-refractivity contribution in [1.82, 2.24) is 0 Å². The van der Waals surface area contributed by atoms with Crippen LogP contribution in [0.2, 0.25) is 0 Å². The second-order valence-electron chi connectivity index (χ2n) is 6.42. The van der Waals surface area contributed by atoms with Gasteiger partial charge in [-0.05, 0) is 47.6 Å². The molecule has 122 valence electrons. The second-order valence-corrected chi connectivity index (χ2v) is 6.42. The Kier molecular flexibility index (Phi) is 4.71. The lowest BCUT2D eigenvalue weighted by atomic mass is 10.0. The van der Waals surface area contributed by atoms with E-state index in [9.17, 15) is 0 Å². The molecule has 0 radical (unpaired) electrons. The number of hydrogen-bond donors (Lipinski definition) is 0. The Labute approximate surface area is 143 Å². The number of benzene rings is 1. The zero-order chi connectivity index (χ0) is 17.1. The Bertz CT molecular complexity index is 950. The van der Waals surface area contributed by atoms with Gasteiger partial charge in [-0.2, -0.15) is 0 Å². The number of fused-ring (bicyclic) bond motifs is 2. The highest BCUT2D eigenvalue weighted by atomic mass is 16.3. The first-order valence-corrected chi connectivity index (χ1v) is 8.51. The van der Waals surface area contributed by atoms with Crippen LogP contribution in [0, 0.1) is 11.8 Å². The number of hydrogen-bond acceptors (Lipinski definition) is 1. The zero-order valence-electron chi connectivity index (χ0n) is 14.5. The van der Waals surface area contributed by atoms with E-state index in [0.717, 1.165) is 28.0 Å². The Morgan fingerprint density at radius 2 is 1.88 bits per heavy atom. The third-order valence-electron chi connectivity index (χ3n) is 4.39. The van der Waals surface area contributed by atoms with Gasteiger partial charge in [0.2, 0.25) is 0 Å². The van der Waals surface area contributed by atoms with Crippen LogP contribution in [0.5, 0.6) is 0 Å². The molecule has 0 amide bonds. The van der Waals surface area contributed by atoms with Crippen LogP contribution in [0.3, 0.4) is 0 Å². The van der Waals surface area contributed by atoms with Gasteiger partial charge in [-0.25, -0.2) is 0 Å². The minimum absolute atomic E-state index is 0.264. The average molecular weight is 316 g/mol. The molecule has 0 N–H and O–H groups in total. The summed E-state index contributed by atoms with van der Waals surface area (Å²) in [7, 11) is 0. The predicted octanol–water partition coefficient (Wildman–Crippen LogP) is 5.07. The lowest BCUT2D eigenvalue weighted by Gasteiger charge is -2.00. The zero-order valence-corrected chi connectivity index (χ0v) is 14.5. The van der Waals surface area contributed by atoms with Crippen molar-refractivity contribution in [3.8, 4) is 0 Å². The molecule has 0 bridgehead atoms. The lowest BCUT2D eigenvalue weighted by Crippen LogP contribution is -2.21. The molecular formula is C23H24O. The smallest absolute Gasteiger partial charge is 0.136 e. The van der Waals surface area contributed by atoms with E-state index >= 15 is 0 Å². The lowest BCUT2D eigenvalue weighted by molar-refractivity contribution is 0.571. The highest BCUT2D eigenvalue weighted by molar-refractivity contribution is 5.86. The monoisotopic (exact) mass is 316 g/mol. The second kappa shape index (κ2) is 6.92. The molecular weight excluding hydrogens is 292 g/mol. The van der Waals surface area contributed by atoms with Crippen LogP contribution >= 0.6 is 0 Å². The van der Waals surface area contributed by atoms with Gasteiger partial charge in [0, 0.05) is 10.6 Å². The van der Waals surface area contributed by atoms with Crippen LogP contribution in [-0.2, 0) is 0 Å². The van der Waals surface area contributed by atoms with E-state index in [0.29, 0.717) is 5.92 Å². The molecule has 1 aromatic heterocycles. The first-order chi connectivity index (χ1) is 11.6. The highest BCUT2D eigenvalue weighted by Crippen LogP contribution is 2.24. The summed E-state index contributed by atoms with van der Waals surface area (Å²) in [6, 6.07) is 4.38. The molecule has 0 aliphatic heterocycles. The van der Waals surface area contributed by atoms with E-state index in [1.54, 1.807) is 0 Å². The van der Waals surface area contributed by atoms with Gasteiger partial charge in [0.25, 0.3) is 0 Å². The molecule has 24 heavy (non-hydrogen) atoms. The Morgan fingerprint density at radius 3 is 2.54 bits per heavy atom. The summed E-state index contributed by atoms with van der Waals surface area (Å²) in [6.07, 6.45) is 17.8. The minimum Gasteiger partial charge on any atom is -0.456 e. The summed E-state index contributed by atoms with van der Waals surface area (Å²) >= 11 is 0. The van der Waals surface area contributed by atoms with Gasteiger partial charge < -0.3 is 4.42 Å². The van der Waals surface area contributed by atoms with E-state index < -0.39 is 0 Å². The maximum Gasteiger partial charge on any atom is 0.136 e. The fourth-order valence-corrected chi connectivity index (χ4v) is 2.92. The molecule has 3 rings (SSSR count). The number of allylic oxidation sites excluding steroid dienone is 4. The maximum absolute atomic E-state index is 6.18. The summed E-state index contributed by atoms with van der Waals surface area (Å²) in [5.74, 6) is 0.716. The van der Waals surface area contributed by atoms with E-state index in [2.05, 4.69) is 75.6 Å². The van der Waals surface area contributed by atoms with Crippen molar-refractivity contribution >= 4 is 35.3 Å². The molecule has 0 spiro atoms. The van der Waals surface area contributed by atoms with Crippen LogP contribution in [0.15, 0.2) is 54.0 Å². The quantitative estimate of drug-likeness (QED) is 0.718. The number of rotatable bonds is 4. The fourth-order valence-electron chi connectivity index (χ4n) is 2.92. The molecule has 0 saturated carbocycles. The van der Waals surface area contributed by atoms with Gasteiger partial charge in [0.15, 0.2) is 0 Å². The van der Waals surface area contributed by atoms with Crippen molar-refractivity contribution in [2.24, 2.45) is 11.8 Å². The van der Waals surface area contributed by atoms with Gasteiger partial charge in [0.05, 0.1) is 0 Å². The summed E-state index contributed by atoms with van der Waals surface area (Å²) in [4.78, 5) is 0. The number of furan rings is 1. The van der Waals surface area contributed by atoms with Gasteiger partial charge in [-0.15, -0.1) is 13.2 Å². The normalized spacial score (nSPS) is 19.3. The van der Waals surface area contributed by atoms with E-state index in [-0.39, 0.29) is 5.92 Å². The Hall–Kier alpha value is -2.54. The summed E-state index contributed by atoms with van der Waals surface area (Å²) in [5.41, 5.74) is 4.29. The SMILES string of the molecule is C=CC/C=c1\c(=C/C(C)C=C)oc2cc3c(cc12)C=CC(C)C=C3. The van der Waals surface area contributed by atoms with Crippen LogP contribution in [0.1, 0.15) is 31.4 Å². The van der Waals surface area contributed by atoms with Crippen molar-refractivity contribution in [1.29, 1.82) is 0 Å².